The zero-order chi connectivity index (χ0) is 14.6. The van der Waals surface area contributed by atoms with Gasteiger partial charge in [0.25, 0.3) is 0 Å². The number of likely N-dealkylation sites (tertiary alicyclic amines) is 1. The summed E-state index contributed by atoms with van der Waals surface area (Å²) in [6.07, 6.45) is -0.424. The third kappa shape index (κ3) is 4.07. The summed E-state index contributed by atoms with van der Waals surface area (Å²) in [6.45, 7) is 2.72. The van der Waals surface area contributed by atoms with Crippen LogP contribution in [-0.4, -0.2) is 30.3 Å². The summed E-state index contributed by atoms with van der Waals surface area (Å²) in [5.74, 6) is -0.0932. The lowest BCUT2D eigenvalue weighted by Gasteiger charge is -2.25. The molecule has 1 heterocycles. The van der Waals surface area contributed by atoms with Crippen LogP contribution in [0.1, 0.15) is 41.6 Å². The number of rotatable bonds is 4. The molecule has 0 N–H and O–H groups in total. The van der Waals surface area contributed by atoms with Crippen LogP contribution in [0.2, 0.25) is 0 Å². The molecule has 1 saturated heterocycles. The normalized spacial score (nSPS) is 17.1. The number of piperidine rings is 1. The maximum Gasteiger partial charge on any atom is 0.416 e. The van der Waals surface area contributed by atoms with Crippen LogP contribution in [0.3, 0.4) is 0 Å². The number of nitrogens with zero attached hydrogens (tertiary/aromatic N) is 1. The van der Waals surface area contributed by atoms with E-state index >= 15 is 0 Å². The molecule has 0 bridgehead atoms. The Balaban J connectivity index is 1.89. The minimum atomic E-state index is -4.35. The molecular formula is C15H18F3NO. The maximum absolute atomic E-state index is 12.4. The molecule has 0 aromatic heterocycles. The van der Waals surface area contributed by atoms with Crippen LogP contribution >= 0.6 is 0 Å². The summed E-state index contributed by atoms with van der Waals surface area (Å²) in [7, 11) is 0. The van der Waals surface area contributed by atoms with Crippen molar-refractivity contribution < 1.29 is 18.0 Å². The molecule has 1 aliphatic heterocycles. The van der Waals surface area contributed by atoms with Gasteiger partial charge in [-0.1, -0.05) is 18.6 Å². The quantitative estimate of drug-likeness (QED) is 0.785. The van der Waals surface area contributed by atoms with Crippen molar-refractivity contribution in [2.24, 2.45) is 0 Å². The lowest BCUT2D eigenvalue weighted by atomic mass is 10.0. The number of carbonyl (C=O) groups is 1. The van der Waals surface area contributed by atoms with Crippen LogP contribution in [0.5, 0.6) is 0 Å². The second-order valence-corrected chi connectivity index (χ2v) is 5.15. The van der Waals surface area contributed by atoms with Crippen molar-refractivity contribution in [3.8, 4) is 0 Å². The molecule has 0 unspecified atom stereocenters. The van der Waals surface area contributed by atoms with E-state index < -0.39 is 11.7 Å². The number of benzene rings is 1. The van der Waals surface area contributed by atoms with E-state index in [1.54, 1.807) is 0 Å². The third-order valence-electron chi connectivity index (χ3n) is 3.64. The van der Waals surface area contributed by atoms with Gasteiger partial charge in [-0.25, -0.2) is 0 Å². The highest BCUT2D eigenvalue weighted by atomic mass is 19.4. The average molecular weight is 285 g/mol. The van der Waals surface area contributed by atoms with Gasteiger partial charge in [0.1, 0.15) is 0 Å². The van der Waals surface area contributed by atoms with Crippen molar-refractivity contribution in [3.05, 3.63) is 35.4 Å². The molecule has 0 atom stereocenters. The molecule has 5 heteroatoms. The third-order valence-corrected chi connectivity index (χ3v) is 3.64. The fraction of sp³-hybridized carbons (Fsp3) is 0.533. The number of hydrogen-bond acceptors (Lipinski definition) is 2. The molecule has 0 saturated carbocycles. The molecule has 110 valence electrons. The first-order valence-corrected chi connectivity index (χ1v) is 6.89. The highest BCUT2D eigenvalue weighted by Crippen LogP contribution is 2.29. The molecule has 1 aliphatic rings. The Morgan fingerprint density at radius 2 is 1.65 bits per heavy atom. The fourth-order valence-corrected chi connectivity index (χ4v) is 2.43. The Morgan fingerprint density at radius 3 is 2.20 bits per heavy atom. The Hall–Kier alpha value is -1.36. The zero-order valence-electron chi connectivity index (χ0n) is 11.2. The van der Waals surface area contributed by atoms with Crippen LogP contribution < -0.4 is 0 Å². The van der Waals surface area contributed by atoms with Gasteiger partial charge in [0, 0.05) is 18.5 Å². The Kier molecular flexibility index (Phi) is 4.81. The van der Waals surface area contributed by atoms with Crippen LogP contribution in [0.15, 0.2) is 24.3 Å². The van der Waals surface area contributed by atoms with Gasteiger partial charge in [-0.05, 0) is 38.1 Å². The van der Waals surface area contributed by atoms with E-state index in [2.05, 4.69) is 4.90 Å². The second-order valence-electron chi connectivity index (χ2n) is 5.15. The summed E-state index contributed by atoms with van der Waals surface area (Å²) >= 11 is 0. The number of Topliss-reactive ketones (excluding diaryl/α,β-unsaturated/α-hetero) is 1. The van der Waals surface area contributed by atoms with E-state index in [0.29, 0.717) is 18.5 Å². The summed E-state index contributed by atoms with van der Waals surface area (Å²) < 4.78 is 37.3. The lowest BCUT2D eigenvalue weighted by Crippen LogP contribution is -2.31. The average Bonchev–Trinajstić information content (AvgIpc) is 2.45. The largest absolute Gasteiger partial charge is 0.416 e. The van der Waals surface area contributed by atoms with Crippen molar-refractivity contribution in [3.63, 3.8) is 0 Å². The Labute approximate surface area is 116 Å². The van der Waals surface area contributed by atoms with Crippen LogP contribution in [0.4, 0.5) is 13.2 Å². The first kappa shape index (κ1) is 15.0. The molecule has 2 nitrogen and oxygen atoms in total. The number of carbonyl (C=O) groups excluding carboxylic acids is 1. The van der Waals surface area contributed by atoms with Gasteiger partial charge in [-0.15, -0.1) is 0 Å². The molecule has 0 radical (unpaired) electrons. The Bertz CT molecular complexity index is 447. The molecule has 0 spiro atoms. The van der Waals surface area contributed by atoms with Gasteiger partial charge in [-0.3, -0.25) is 4.79 Å². The SMILES string of the molecule is O=C(CCN1CCCCC1)c1ccc(C(F)(F)F)cc1. The first-order chi connectivity index (χ1) is 9.47. The summed E-state index contributed by atoms with van der Waals surface area (Å²) in [5.41, 5.74) is -0.361. The molecule has 0 amide bonds. The van der Waals surface area contributed by atoms with E-state index in [4.69, 9.17) is 0 Å². The van der Waals surface area contributed by atoms with E-state index in [1.807, 2.05) is 0 Å². The van der Waals surface area contributed by atoms with E-state index in [-0.39, 0.29) is 5.78 Å². The van der Waals surface area contributed by atoms with Gasteiger partial charge in [-0.2, -0.15) is 13.2 Å². The summed E-state index contributed by atoms with van der Waals surface area (Å²) in [4.78, 5) is 14.2. The van der Waals surface area contributed by atoms with Crippen molar-refractivity contribution in [1.82, 2.24) is 4.90 Å². The monoisotopic (exact) mass is 285 g/mol. The van der Waals surface area contributed by atoms with Crippen molar-refractivity contribution in [1.29, 1.82) is 0 Å². The van der Waals surface area contributed by atoms with Gasteiger partial charge in [0.15, 0.2) is 5.78 Å². The highest BCUT2D eigenvalue weighted by Gasteiger charge is 2.30. The van der Waals surface area contributed by atoms with E-state index in [9.17, 15) is 18.0 Å². The minimum Gasteiger partial charge on any atom is -0.303 e. The Morgan fingerprint density at radius 1 is 1.05 bits per heavy atom. The van der Waals surface area contributed by atoms with Crippen molar-refractivity contribution >= 4 is 5.78 Å². The first-order valence-electron chi connectivity index (χ1n) is 6.89. The standard InChI is InChI=1S/C15H18F3NO/c16-15(17,18)13-6-4-12(5-7-13)14(20)8-11-19-9-2-1-3-10-19/h4-7H,1-3,8-11H2. The summed E-state index contributed by atoms with van der Waals surface area (Å²) in [6, 6.07) is 4.46. The van der Waals surface area contributed by atoms with Crippen LogP contribution in [-0.2, 0) is 6.18 Å². The van der Waals surface area contributed by atoms with Crippen LogP contribution in [0.25, 0.3) is 0 Å². The van der Waals surface area contributed by atoms with E-state index in [0.717, 1.165) is 38.1 Å². The number of alkyl halides is 3. The predicted molar refractivity (Wildman–Crippen MR) is 70.7 cm³/mol. The number of halogens is 3. The molecular weight excluding hydrogens is 267 g/mol. The van der Waals surface area contributed by atoms with Crippen molar-refractivity contribution in [2.45, 2.75) is 31.9 Å². The van der Waals surface area contributed by atoms with Gasteiger partial charge in [0.05, 0.1) is 5.56 Å². The second kappa shape index (κ2) is 6.39. The molecule has 2 rings (SSSR count). The number of ketones is 1. The van der Waals surface area contributed by atoms with Gasteiger partial charge < -0.3 is 4.90 Å². The lowest BCUT2D eigenvalue weighted by molar-refractivity contribution is -0.137. The molecule has 1 fully saturated rings. The fourth-order valence-electron chi connectivity index (χ4n) is 2.43. The molecule has 1 aromatic carbocycles. The van der Waals surface area contributed by atoms with Crippen LogP contribution in [0, 0.1) is 0 Å². The smallest absolute Gasteiger partial charge is 0.303 e. The molecule has 0 aliphatic carbocycles. The van der Waals surface area contributed by atoms with Gasteiger partial charge in [0.2, 0.25) is 0 Å². The van der Waals surface area contributed by atoms with E-state index in [1.165, 1.54) is 18.6 Å². The highest BCUT2D eigenvalue weighted by molar-refractivity contribution is 5.96. The van der Waals surface area contributed by atoms with Crippen molar-refractivity contribution in [2.75, 3.05) is 19.6 Å². The predicted octanol–water partition coefficient (Wildman–Crippen LogP) is 3.76. The molecule has 1 aromatic rings. The minimum absolute atomic E-state index is 0.0932. The topological polar surface area (TPSA) is 20.3 Å². The van der Waals surface area contributed by atoms with Gasteiger partial charge >= 0.3 is 6.18 Å². The zero-order valence-corrected chi connectivity index (χ0v) is 11.2. The number of hydrogen-bond donors (Lipinski definition) is 0. The maximum atomic E-state index is 12.4. The molecule has 20 heavy (non-hydrogen) atoms. The summed E-state index contributed by atoms with van der Waals surface area (Å²) in [5, 5.41) is 0.